The third-order valence-corrected chi connectivity index (χ3v) is 6.47. The van der Waals surface area contributed by atoms with Crippen molar-refractivity contribution in [3.8, 4) is 0 Å². The molecular formula is C19H28N4O3S. The Balaban J connectivity index is 2.33. The van der Waals surface area contributed by atoms with Gasteiger partial charge in [-0.2, -0.15) is 9.40 Å². The fraction of sp³-hybridized carbons (Fsp3) is 0.474. The van der Waals surface area contributed by atoms with Crippen LogP contribution >= 0.6 is 0 Å². The minimum Gasteiger partial charge on any atom is -0.305 e. The molecule has 0 aliphatic rings. The van der Waals surface area contributed by atoms with Gasteiger partial charge in [0.1, 0.15) is 0 Å². The second-order valence-corrected chi connectivity index (χ2v) is 9.37. The number of hydrogen-bond acceptors (Lipinski definition) is 4. The Labute approximate surface area is 161 Å². The molecular weight excluding hydrogens is 364 g/mol. The lowest BCUT2D eigenvalue weighted by molar-refractivity contribution is 0.102. The van der Waals surface area contributed by atoms with E-state index in [1.165, 1.54) is 16.4 Å². The number of rotatable bonds is 6. The first-order valence-corrected chi connectivity index (χ1v) is 10.4. The number of anilines is 1. The number of carbonyl (C=O) groups is 1. The van der Waals surface area contributed by atoms with Gasteiger partial charge in [-0.3, -0.25) is 9.89 Å². The maximum atomic E-state index is 12.7. The molecule has 0 aliphatic heterocycles. The van der Waals surface area contributed by atoms with Gasteiger partial charge in [0.25, 0.3) is 5.91 Å². The van der Waals surface area contributed by atoms with Crippen LogP contribution in [0.5, 0.6) is 0 Å². The van der Waals surface area contributed by atoms with Gasteiger partial charge >= 0.3 is 0 Å². The number of H-pyrrole nitrogens is 1. The highest BCUT2D eigenvalue weighted by atomic mass is 32.2. The maximum Gasteiger partial charge on any atom is 0.257 e. The van der Waals surface area contributed by atoms with E-state index >= 15 is 0 Å². The Bertz CT molecular complexity index is 923. The molecule has 2 N–H and O–H groups in total. The van der Waals surface area contributed by atoms with Crippen LogP contribution in [-0.2, 0) is 15.4 Å². The Hall–Kier alpha value is -2.19. The number of nitrogens with one attached hydrogen (secondary N) is 2. The van der Waals surface area contributed by atoms with Gasteiger partial charge < -0.3 is 5.32 Å². The fourth-order valence-corrected chi connectivity index (χ4v) is 4.16. The number of hydrogen-bond donors (Lipinski definition) is 2. The fourth-order valence-electron chi connectivity index (χ4n) is 2.67. The van der Waals surface area contributed by atoms with Crippen LogP contribution in [0.4, 0.5) is 5.82 Å². The molecule has 1 amide bonds. The van der Waals surface area contributed by atoms with E-state index in [0.717, 1.165) is 5.69 Å². The molecule has 2 rings (SSSR count). The van der Waals surface area contributed by atoms with Gasteiger partial charge in [0, 0.05) is 35.8 Å². The first-order valence-electron chi connectivity index (χ1n) is 8.98. The van der Waals surface area contributed by atoms with E-state index in [-0.39, 0.29) is 10.3 Å². The minimum atomic E-state index is -3.63. The van der Waals surface area contributed by atoms with Crippen molar-refractivity contribution in [1.82, 2.24) is 14.5 Å². The average molecular weight is 393 g/mol. The van der Waals surface area contributed by atoms with E-state index in [2.05, 4.69) is 15.5 Å². The molecule has 1 aromatic carbocycles. The highest BCUT2D eigenvalue weighted by Crippen LogP contribution is 2.23. The zero-order valence-corrected chi connectivity index (χ0v) is 17.6. The molecule has 0 radical (unpaired) electrons. The van der Waals surface area contributed by atoms with Crippen LogP contribution in [0.3, 0.4) is 0 Å². The number of amides is 1. The van der Waals surface area contributed by atoms with Crippen LogP contribution in [0.25, 0.3) is 0 Å². The average Bonchev–Trinajstić information content (AvgIpc) is 3.04. The molecule has 0 unspecified atom stereocenters. The van der Waals surface area contributed by atoms with Crippen LogP contribution in [0, 0.1) is 6.92 Å². The molecule has 0 atom stereocenters. The van der Waals surface area contributed by atoms with Gasteiger partial charge in [0.2, 0.25) is 10.0 Å². The van der Waals surface area contributed by atoms with Crippen LogP contribution in [0.15, 0.2) is 29.2 Å². The second-order valence-electron chi connectivity index (χ2n) is 7.44. The predicted molar refractivity (Wildman–Crippen MR) is 107 cm³/mol. The van der Waals surface area contributed by atoms with Crippen molar-refractivity contribution in [2.75, 3.05) is 18.4 Å². The summed E-state index contributed by atoms with van der Waals surface area (Å²) in [4.78, 5) is 12.8. The molecule has 8 heteroatoms. The lowest BCUT2D eigenvalue weighted by atomic mass is 9.92. The van der Waals surface area contributed by atoms with Crippen molar-refractivity contribution in [3.05, 3.63) is 41.1 Å². The van der Waals surface area contributed by atoms with Crippen molar-refractivity contribution in [1.29, 1.82) is 0 Å². The first kappa shape index (κ1) is 21.1. The van der Waals surface area contributed by atoms with Crippen LogP contribution in [-0.4, -0.2) is 41.9 Å². The number of aromatic nitrogens is 2. The molecule has 0 spiro atoms. The van der Waals surface area contributed by atoms with E-state index in [0.29, 0.717) is 30.0 Å². The molecule has 7 nitrogen and oxygen atoms in total. The van der Waals surface area contributed by atoms with Crippen molar-refractivity contribution >= 4 is 21.7 Å². The van der Waals surface area contributed by atoms with Gasteiger partial charge in [-0.25, -0.2) is 8.42 Å². The monoisotopic (exact) mass is 392 g/mol. The van der Waals surface area contributed by atoms with Crippen molar-refractivity contribution < 1.29 is 13.2 Å². The summed E-state index contributed by atoms with van der Waals surface area (Å²) in [5, 5.41) is 9.77. The van der Waals surface area contributed by atoms with E-state index < -0.39 is 15.9 Å². The Morgan fingerprint density at radius 3 is 2.33 bits per heavy atom. The van der Waals surface area contributed by atoms with Gasteiger partial charge in [-0.1, -0.05) is 40.7 Å². The van der Waals surface area contributed by atoms with E-state index in [1.54, 1.807) is 32.9 Å². The number of nitrogens with zero attached hydrogens (tertiary/aromatic N) is 2. The quantitative estimate of drug-likeness (QED) is 0.788. The molecule has 1 heterocycles. The molecule has 0 saturated heterocycles. The van der Waals surface area contributed by atoms with E-state index in [1.807, 2.05) is 20.8 Å². The highest BCUT2D eigenvalue weighted by Gasteiger charge is 2.24. The van der Waals surface area contributed by atoms with Crippen LogP contribution in [0.2, 0.25) is 0 Å². The summed E-state index contributed by atoms with van der Waals surface area (Å²) < 4.78 is 26.8. The molecule has 27 heavy (non-hydrogen) atoms. The predicted octanol–water partition coefficient (Wildman–Crippen LogP) is 3.30. The summed E-state index contributed by atoms with van der Waals surface area (Å²) in [5.41, 5.74) is 1.78. The van der Waals surface area contributed by atoms with Gasteiger partial charge in [-0.15, -0.1) is 0 Å². The molecule has 0 aliphatic carbocycles. The topological polar surface area (TPSA) is 95.2 Å². The van der Waals surface area contributed by atoms with Crippen LogP contribution in [0.1, 0.15) is 56.2 Å². The summed E-state index contributed by atoms with van der Waals surface area (Å²) in [7, 11) is -3.63. The largest absolute Gasteiger partial charge is 0.305 e. The van der Waals surface area contributed by atoms with Gasteiger partial charge in [0.05, 0.1) is 4.90 Å². The molecule has 1 aromatic heterocycles. The number of aryl methyl sites for hydroxylation is 1. The van der Waals surface area contributed by atoms with Crippen molar-refractivity contribution in [2.24, 2.45) is 0 Å². The zero-order valence-electron chi connectivity index (χ0n) is 16.8. The number of benzene rings is 1. The van der Waals surface area contributed by atoms with E-state index in [4.69, 9.17) is 0 Å². The first-order chi connectivity index (χ1) is 12.5. The third-order valence-electron chi connectivity index (χ3n) is 4.42. The molecule has 2 aromatic rings. The van der Waals surface area contributed by atoms with Gasteiger partial charge in [0.15, 0.2) is 5.82 Å². The number of sulfonamides is 1. The van der Waals surface area contributed by atoms with E-state index in [9.17, 15) is 13.2 Å². The Morgan fingerprint density at radius 1 is 1.19 bits per heavy atom. The zero-order chi connectivity index (χ0) is 20.4. The second kappa shape index (κ2) is 7.82. The molecule has 0 bridgehead atoms. The van der Waals surface area contributed by atoms with Crippen molar-refractivity contribution in [2.45, 2.75) is 51.9 Å². The highest BCUT2D eigenvalue weighted by molar-refractivity contribution is 7.89. The molecule has 148 valence electrons. The summed E-state index contributed by atoms with van der Waals surface area (Å²) in [5.74, 6) is 0.0115. The number of carbonyl (C=O) groups excluding carboxylic acids is 1. The lowest BCUT2D eigenvalue weighted by Gasteiger charge is -2.19. The lowest BCUT2D eigenvalue weighted by Crippen LogP contribution is -2.30. The standard InChI is InChI=1S/C19H28N4O3S/c1-7-23(8-2)27(25,26)14-10-9-13(3)15(11-14)18(24)20-17-12-16(21-22-17)19(4,5)6/h9-12H,7-8H2,1-6H3,(H2,20,21,22,24). The Morgan fingerprint density at radius 2 is 1.81 bits per heavy atom. The maximum absolute atomic E-state index is 12.7. The van der Waals surface area contributed by atoms with Gasteiger partial charge in [-0.05, 0) is 24.6 Å². The molecule has 0 saturated carbocycles. The third kappa shape index (κ3) is 4.56. The normalized spacial score (nSPS) is 12.4. The SMILES string of the molecule is CCN(CC)S(=O)(=O)c1ccc(C)c(C(=O)Nc2cc(C(C)(C)C)[nH]n2)c1. The smallest absolute Gasteiger partial charge is 0.257 e. The minimum absolute atomic E-state index is 0.111. The molecule has 0 fully saturated rings. The Kier molecular flexibility index (Phi) is 6.11. The summed E-state index contributed by atoms with van der Waals surface area (Å²) in [6, 6.07) is 6.39. The summed E-state index contributed by atoms with van der Waals surface area (Å²) in [6.45, 7) is 12.2. The summed E-state index contributed by atoms with van der Waals surface area (Å²) in [6.07, 6.45) is 0. The van der Waals surface area contributed by atoms with Crippen LogP contribution < -0.4 is 5.32 Å². The van der Waals surface area contributed by atoms with Crippen molar-refractivity contribution in [3.63, 3.8) is 0 Å². The summed E-state index contributed by atoms with van der Waals surface area (Å²) >= 11 is 0. The number of aromatic amines is 1.